The Kier molecular flexibility index (Phi) is 2.64. The van der Waals surface area contributed by atoms with E-state index in [9.17, 15) is 0 Å². The Bertz CT molecular complexity index is 743. The molecule has 0 amide bonds. The zero-order valence-corrected chi connectivity index (χ0v) is 10.9. The molecule has 3 rings (SSSR count). The van der Waals surface area contributed by atoms with Gasteiger partial charge in [-0.3, -0.25) is 0 Å². The Morgan fingerprint density at radius 3 is 2.21 bits per heavy atom. The van der Waals surface area contributed by atoms with Crippen LogP contribution < -0.4 is 11.5 Å². The van der Waals surface area contributed by atoms with Gasteiger partial charge < -0.3 is 11.5 Å². The van der Waals surface area contributed by atoms with Gasteiger partial charge in [0.25, 0.3) is 0 Å². The second kappa shape index (κ2) is 4.32. The fourth-order valence-electron chi connectivity index (χ4n) is 2.40. The number of nitrogens with two attached hydrogens (primary N) is 2. The molecule has 0 spiro atoms. The van der Waals surface area contributed by atoms with Crippen molar-refractivity contribution in [3.8, 4) is 11.1 Å². The number of nitrogen functional groups attached to an aromatic ring is 2. The molecule has 0 radical (unpaired) electrons. The number of aryl methyl sites for hydroxylation is 1. The summed E-state index contributed by atoms with van der Waals surface area (Å²) in [5, 5.41) is 2.02. The van der Waals surface area contributed by atoms with Crippen molar-refractivity contribution in [3.05, 3.63) is 60.2 Å². The highest BCUT2D eigenvalue weighted by atomic mass is 14.6. The molecule has 3 aromatic rings. The lowest BCUT2D eigenvalue weighted by molar-refractivity contribution is 1.47. The lowest BCUT2D eigenvalue weighted by atomic mass is 9.98. The van der Waals surface area contributed by atoms with E-state index in [0.717, 1.165) is 27.7 Å². The minimum absolute atomic E-state index is 0.727. The second-order valence-electron chi connectivity index (χ2n) is 4.88. The molecule has 0 saturated heterocycles. The van der Waals surface area contributed by atoms with Crippen LogP contribution in [0.3, 0.4) is 0 Å². The van der Waals surface area contributed by atoms with Gasteiger partial charge in [-0.15, -0.1) is 0 Å². The van der Waals surface area contributed by atoms with Crippen LogP contribution >= 0.6 is 0 Å². The van der Waals surface area contributed by atoms with Crippen LogP contribution in [-0.4, -0.2) is 0 Å². The van der Waals surface area contributed by atoms with E-state index in [1.165, 1.54) is 11.1 Å². The molecule has 0 aliphatic rings. The molecule has 0 saturated carbocycles. The fraction of sp³-hybridized carbons (Fsp3) is 0.0588. The third-order valence-electron chi connectivity index (χ3n) is 3.42. The van der Waals surface area contributed by atoms with Crippen LogP contribution in [0, 0.1) is 6.92 Å². The van der Waals surface area contributed by atoms with Crippen molar-refractivity contribution in [1.29, 1.82) is 0 Å². The van der Waals surface area contributed by atoms with Crippen LogP contribution in [0.25, 0.3) is 21.9 Å². The van der Waals surface area contributed by atoms with E-state index in [0.29, 0.717) is 0 Å². The zero-order valence-electron chi connectivity index (χ0n) is 10.9. The van der Waals surface area contributed by atoms with Crippen LogP contribution in [0.15, 0.2) is 54.6 Å². The normalized spacial score (nSPS) is 10.8. The minimum atomic E-state index is 0.727. The molecule has 94 valence electrons. The summed E-state index contributed by atoms with van der Waals surface area (Å²) >= 11 is 0. The standard InChI is InChI=1S/C17H16N2/c1-11-5-7-12(8-6-11)14-9-13-3-2-4-15(18)17(13)16(19)10-14/h2-10H,18-19H2,1H3. The van der Waals surface area contributed by atoms with E-state index in [1.807, 2.05) is 24.3 Å². The van der Waals surface area contributed by atoms with E-state index < -0.39 is 0 Å². The van der Waals surface area contributed by atoms with Crippen LogP contribution in [0.1, 0.15) is 5.56 Å². The highest BCUT2D eigenvalue weighted by Crippen LogP contribution is 2.32. The van der Waals surface area contributed by atoms with Gasteiger partial charge in [0.1, 0.15) is 0 Å². The van der Waals surface area contributed by atoms with Crippen LogP contribution in [0.4, 0.5) is 11.4 Å². The first-order chi connectivity index (χ1) is 9.15. The Hall–Kier alpha value is -2.48. The third-order valence-corrected chi connectivity index (χ3v) is 3.42. The zero-order chi connectivity index (χ0) is 13.4. The molecule has 2 nitrogen and oxygen atoms in total. The van der Waals surface area contributed by atoms with Crippen LogP contribution in [-0.2, 0) is 0 Å². The van der Waals surface area contributed by atoms with Crippen molar-refractivity contribution in [2.75, 3.05) is 11.5 Å². The van der Waals surface area contributed by atoms with Gasteiger partial charge in [0.05, 0.1) is 0 Å². The number of fused-ring (bicyclic) bond motifs is 1. The summed E-state index contributed by atoms with van der Waals surface area (Å²) in [7, 11) is 0. The SMILES string of the molecule is Cc1ccc(-c2cc(N)c3c(N)cccc3c2)cc1. The smallest absolute Gasteiger partial charge is 0.0420 e. The fourth-order valence-corrected chi connectivity index (χ4v) is 2.40. The first-order valence-electron chi connectivity index (χ1n) is 6.30. The van der Waals surface area contributed by atoms with E-state index >= 15 is 0 Å². The topological polar surface area (TPSA) is 52.0 Å². The number of hydrogen-bond acceptors (Lipinski definition) is 2. The van der Waals surface area contributed by atoms with Crippen molar-refractivity contribution in [2.24, 2.45) is 0 Å². The number of rotatable bonds is 1. The highest BCUT2D eigenvalue weighted by molar-refractivity contribution is 6.04. The quantitative estimate of drug-likeness (QED) is 0.640. The maximum Gasteiger partial charge on any atom is 0.0420 e. The average molecular weight is 248 g/mol. The average Bonchev–Trinajstić information content (AvgIpc) is 2.39. The molecular weight excluding hydrogens is 232 g/mol. The molecule has 0 heterocycles. The summed E-state index contributed by atoms with van der Waals surface area (Å²) in [6.07, 6.45) is 0. The van der Waals surface area contributed by atoms with E-state index in [-0.39, 0.29) is 0 Å². The van der Waals surface area contributed by atoms with Crippen molar-refractivity contribution in [3.63, 3.8) is 0 Å². The van der Waals surface area contributed by atoms with E-state index in [2.05, 4.69) is 37.3 Å². The largest absolute Gasteiger partial charge is 0.398 e. The monoisotopic (exact) mass is 248 g/mol. The maximum atomic E-state index is 6.15. The molecule has 0 aliphatic carbocycles. The summed E-state index contributed by atoms with van der Waals surface area (Å²) < 4.78 is 0. The van der Waals surface area contributed by atoms with Gasteiger partial charge in [0.2, 0.25) is 0 Å². The Balaban J connectivity index is 2.24. The number of benzene rings is 3. The molecule has 3 aromatic carbocycles. The molecule has 19 heavy (non-hydrogen) atoms. The van der Waals surface area contributed by atoms with Crippen molar-refractivity contribution in [1.82, 2.24) is 0 Å². The molecule has 0 aliphatic heterocycles. The lowest BCUT2D eigenvalue weighted by Crippen LogP contribution is -1.93. The van der Waals surface area contributed by atoms with E-state index in [1.54, 1.807) is 0 Å². The maximum absolute atomic E-state index is 6.15. The molecule has 4 N–H and O–H groups in total. The first kappa shape index (κ1) is 11.6. The van der Waals surface area contributed by atoms with Gasteiger partial charge >= 0.3 is 0 Å². The molecule has 0 atom stereocenters. The molecular formula is C17H16N2. The lowest BCUT2D eigenvalue weighted by Gasteiger charge is -2.09. The van der Waals surface area contributed by atoms with Crippen molar-refractivity contribution in [2.45, 2.75) is 6.92 Å². The molecule has 0 fully saturated rings. The van der Waals surface area contributed by atoms with Gasteiger partial charge in [0.15, 0.2) is 0 Å². The Labute approximate surface area is 112 Å². The predicted molar refractivity (Wildman–Crippen MR) is 82.9 cm³/mol. The minimum Gasteiger partial charge on any atom is -0.398 e. The molecule has 0 unspecified atom stereocenters. The van der Waals surface area contributed by atoms with Gasteiger partial charge in [-0.25, -0.2) is 0 Å². The van der Waals surface area contributed by atoms with Gasteiger partial charge in [-0.05, 0) is 41.6 Å². The Morgan fingerprint density at radius 1 is 0.737 bits per heavy atom. The highest BCUT2D eigenvalue weighted by Gasteiger charge is 2.06. The molecule has 2 heteroatoms. The van der Waals surface area contributed by atoms with Crippen LogP contribution in [0.2, 0.25) is 0 Å². The first-order valence-corrected chi connectivity index (χ1v) is 6.30. The van der Waals surface area contributed by atoms with Gasteiger partial charge in [-0.1, -0.05) is 42.0 Å². The second-order valence-corrected chi connectivity index (χ2v) is 4.88. The molecule has 0 bridgehead atoms. The summed E-state index contributed by atoms with van der Waals surface area (Å²) in [4.78, 5) is 0. The Morgan fingerprint density at radius 2 is 1.47 bits per heavy atom. The summed E-state index contributed by atoms with van der Waals surface area (Å²) in [5.74, 6) is 0. The van der Waals surface area contributed by atoms with Crippen molar-refractivity contribution < 1.29 is 0 Å². The van der Waals surface area contributed by atoms with Crippen LogP contribution in [0.5, 0.6) is 0 Å². The number of anilines is 2. The summed E-state index contributed by atoms with van der Waals surface area (Å²) in [6, 6.07) is 18.4. The summed E-state index contributed by atoms with van der Waals surface area (Å²) in [6.45, 7) is 2.08. The summed E-state index contributed by atoms with van der Waals surface area (Å²) in [5.41, 5.74) is 17.1. The number of hydrogen-bond donors (Lipinski definition) is 2. The molecule has 0 aromatic heterocycles. The predicted octanol–water partition coefficient (Wildman–Crippen LogP) is 3.98. The van der Waals surface area contributed by atoms with Gasteiger partial charge in [-0.2, -0.15) is 0 Å². The van der Waals surface area contributed by atoms with Crippen molar-refractivity contribution >= 4 is 22.1 Å². The van der Waals surface area contributed by atoms with Gasteiger partial charge in [0, 0.05) is 16.8 Å². The third kappa shape index (κ3) is 2.02. The van der Waals surface area contributed by atoms with E-state index in [4.69, 9.17) is 11.5 Å².